The molecule has 1 aromatic rings. The molecule has 0 radical (unpaired) electrons. The molecule has 0 aliphatic carbocycles. The number of piperidine rings is 1. The summed E-state index contributed by atoms with van der Waals surface area (Å²) in [4.78, 5) is 26.9. The van der Waals surface area contributed by atoms with E-state index in [9.17, 15) is 9.59 Å². The molecular formula is C19H27NO2. The summed E-state index contributed by atoms with van der Waals surface area (Å²) in [5.74, 6) is 0.361. The van der Waals surface area contributed by atoms with Crippen LogP contribution in [0, 0.1) is 5.92 Å². The summed E-state index contributed by atoms with van der Waals surface area (Å²) >= 11 is 0. The molecule has 1 heterocycles. The van der Waals surface area contributed by atoms with Gasteiger partial charge in [0.1, 0.15) is 0 Å². The SMILES string of the molecule is CCC(C)C(C(=O)N1CCCC[C@H]1C(C)=O)c1ccccc1. The van der Waals surface area contributed by atoms with E-state index in [0.717, 1.165) is 31.2 Å². The largest absolute Gasteiger partial charge is 0.332 e. The Bertz CT molecular complexity index is 511. The first-order valence-corrected chi connectivity index (χ1v) is 8.42. The van der Waals surface area contributed by atoms with E-state index in [1.54, 1.807) is 6.92 Å². The monoisotopic (exact) mass is 301 g/mol. The van der Waals surface area contributed by atoms with Gasteiger partial charge in [0.25, 0.3) is 0 Å². The number of rotatable bonds is 5. The summed E-state index contributed by atoms with van der Waals surface area (Å²) in [6, 6.07) is 9.77. The number of hydrogen-bond acceptors (Lipinski definition) is 2. The highest BCUT2D eigenvalue weighted by Crippen LogP contribution is 2.31. The Labute approximate surface area is 133 Å². The van der Waals surface area contributed by atoms with E-state index in [4.69, 9.17) is 0 Å². The smallest absolute Gasteiger partial charge is 0.230 e. The topological polar surface area (TPSA) is 37.4 Å². The predicted octanol–water partition coefficient (Wildman–Crippen LogP) is 3.79. The molecule has 1 fully saturated rings. The van der Waals surface area contributed by atoms with E-state index < -0.39 is 0 Å². The molecule has 0 N–H and O–H groups in total. The Hall–Kier alpha value is -1.64. The second-order valence-corrected chi connectivity index (χ2v) is 6.43. The lowest BCUT2D eigenvalue weighted by molar-refractivity contribution is -0.142. The number of hydrogen-bond donors (Lipinski definition) is 0. The third kappa shape index (κ3) is 3.57. The molecule has 0 spiro atoms. The molecule has 22 heavy (non-hydrogen) atoms. The second-order valence-electron chi connectivity index (χ2n) is 6.43. The molecule has 1 saturated heterocycles. The molecule has 1 aromatic carbocycles. The van der Waals surface area contributed by atoms with Crippen molar-refractivity contribution in [3.05, 3.63) is 35.9 Å². The van der Waals surface area contributed by atoms with Crippen LogP contribution in [0.5, 0.6) is 0 Å². The highest BCUT2D eigenvalue weighted by molar-refractivity contribution is 5.90. The van der Waals surface area contributed by atoms with Crippen LogP contribution in [0.25, 0.3) is 0 Å². The first-order chi connectivity index (χ1) is 10.6. The van der Waals surface area contributed by atoms with Gasteiger partial charge in [-0.15, -0.1) is 0 Å². The lowest BCUT2D eigenvalue weighted by atomic mass is 9.83. The highest BCUT2D eigenvalue weighted by atomic mass is 16.2. The average Bonchev–Trinajstić information content (AvgIpc) is 2.55. The maximum Gasteiger partial charge on any atom is 0.230 e. The van der Waals surface area contributed by atoms with Crippen LogP contribution in [0.4, 0.5) is 0 Å². The molecule has 3 nitrogen and oxygen atoms in total. The van der Waals surface area contributed by atoms with Crippen molar-refractivity contribution < 1.29 is 9.59 Å². The molecule has 1 aliphatic heterocycles. The van der Waals surface area contributed by atoms with Gasteiger partial charge in [-0.1, -0.05) is 50.6 Å². The number of Topliss-reactive ketones (excluding diaryl/α,β-unsaturated/α-hetero) is 1. The van der Waals surface area contributed by atoms with Gasteiger partial charge in [-0.2, -0.15) is 0 Å². The summed E-state index contributed by atoms with van der Waals surface area (Å²) in [6.45, 7) is 6.56. The van der Waals surface area contributed by atoms with Crippen LogP contribution in [-0.2, 0) is 9.59 Å². The highest BCUT2D eigenvalue weighted by Gasteiger charge is 2.36. The molecule has 1 amide bonds. The van der Waals surface area contributed by atoms with Gasteiger partial charge in [0, 0.05) is 6.54 Å². The summed E-state index contributed by atoms with van der Waals surface area (Å²) in [5, 5.41) is 0. The van der Waals surface area contributed by atoms with E-state index in [0.29, 0.717) is 6.54 Å². The van der Waals surface area contributed by atoms with Crippen LogP contribution in [0.2, 0.25) is 0 Å². The number of likely N-dealkylation sites (tertiary alicyclic amines) is 1. The van der Waals surface area contributed by atoms with Crippen LogP contribution in [0.15, 0.2) is 30.3 Å². The zero-order chi connectivity index (χ0) is 16.1. The van der Waals surface area contributed by atoms with E-state index in [1.165, 1.54) is 0 Å². The van der Waals surface area contributed by atoms with Crippen LogP contribution in [0.1, 0.15) is 57.9 Å². The number of carbonyl (C=O) groups is 2. The molecule has 2 rings (SSSR count). The van der Waals surface area contributed by atoms with Crippen molar-refractivity contribution in [2.24, 2.45) is 5.92 Å². The average molecular weight is 301 g/mol. The standard InChI is InChI=1S/C19H27NO2/c1-4-14(2)18(16-10-6-5-7-11-16)19(22)20-13-9-8-12-17(20)15(3)21/h5-7,10-11,14,17-18H,4,8-9,12-13H2,1-3H3/t14?,17-,18?/m0/s1. The number of benzene rings is 1. The summed E-state index contributed by atoms with van der Waals surface area (Å²) in [7, 11) is 0. The van der Waals surface area contributed by atoms with Crippen molar-refractivity contribution in [1.29, 1.82) is 0 Å². The van der Waals surface area contributed by atoms with Gasteiger partial charge in [-0.25, -0.2) is 0 Å². The molecule has 1 aliphatic rings. The molecule has 0 aromatic heterocycles. The predicted molar refractivity (Wildman–Crippen MR) is 88.7 cm³/mol. The quantitative estimate of drug-likeness (QED) is 0.830. The van der Waals surface area contributed by atoms with Crippen molar-refractivity contribution in [1.82, 2.24) is 4.90 Å². The zero-order valence-corrected chi connectivity index (χ0v) is 13.9. The molecule has 0 saturated carbocycles. The Kier molecular flexibility index (Phi) is 5.76. The first kappa shape index (κ1) is 16.7. The van der Waals surface area contributed by atoms with Crippen LogP contribution < -0.4 is 0 Å². The lowest BCUT2D eigenvalue weighted by Gasteiger charge is -2.38. The summed E-state index contributed by atoms with van der Waals surface area (Å²) < 4.78 is 0. The third-order valence-corrected chi connectivity index (χ3v) is 4.89. The summed E-state index contributed by atoms with van der Waals surface area (Å²) in [6.07, 6.45) is 3.79. The van der Waals surface area contributed by atoms with Crippen molar-refractivity contribution in [2.75, 3.05) is 6.54 Å². The van der Waals surface area contributed by atoms with Gasteiger partial charge in [-0.3, -0.25) is 9.59 Å². The van der Waals surface area contributed by atoms with Crippen molar-refractivity contribution in [3.63, 3.8) is 0 Å². The Morgan fingerprint density at radius 1 is 1.23 bits per heavy atom. The van der Waals surface area contributed by atoms with E-state index in [2.05, 4.69) is 13.8 Å². The van der Waals surface area contributed by atoms with E-state index >= 15 is 0 Å². The minimum absolute atomic E-state index is 0.115. The first-order valence-electron chi connectivity index (χ1n) is 8.42. The maximum atomic E-state index is 13.2. The zero-order valence-electron chi connectivity index (χ0n) is 13.9. The van der Waals surface area contributed by atoms with E-state index in [-0.39, 0.29) is 29.6 Å². The van der Waals surface area contributed by atoms with Crippen molar-refractivity contribution in [3.8, 4) is 0 Å². The van der Waals surface area contributed by atoms with Crippen LogP contribution in [-0.4, -0.2) is 29.2 Å². The van der Waals surface area contributed by atoms with Gasteiger partial charge in [0.2, 0.25) is 5.91 Å². The number of carbonyl (C=O) groups excluding carboxylic acids is 2. The normalized spacial score (nSPS) is 21.2. The Balaban J connectivity index is 2.30. The minimum Gasteiger partial charge on any atom is -0.332 e. The van der Waals surface area contributed by atoms with E-state index in [1.807, 2.05) is 35.2 Å². The fourth-order valence-electron chi connectivity index (χ4n) is 3.41. The van der Waals surface area contributed by atoms with Gasteiger partial charge in [0.15, 0.2) is 5.78 Å². The lowest BCUT2D eigenvalue weighted by Crippen LogP contribution is -2.49. The van der Waals surface area contributed by atoms with Gasteiger partial charge < -0.3 is 4.90 Å². The van der Waals surface area contributed by atoms with Gasteiger partial charge in [0.05, 0.1) is 12.0 Å². The number of nitrogens with zero attached hydrogens (tertiary/aromatic N) is 1. The van der Waals surface area contributed by atoms with Crippen molar-refractivity contribution in [2.45, 2.75) is 58.4 Å². The van der Waals surface area contributed by atoms with Crippen LogP contribution >= 0.6 is 0 Å². The van der Waals surface area contributed by atoms with Crippen LogP contribution in [0.3, 0.4) is 0 Å². The number of amides is 1. The Morgan fingerprint density at radius 3 is 2.50 bits per heavy atom. The molecule has 0 bridgehead atoms. The number of ketones is 1. The molecule has 2 unspecified atom stereocenters. The third-order valence-electron chi connectivity index (χ3n) is 4.89. The maximum absolute atomic E-state index is 13.2. The fraction of sp³-hybridized carbons (Fsp3) is 0.579. The summed E-state index contributed by atoms with van der Waals surface area (Å²) in [5.41, 5.74) is 1.06. The van der Waals surface area contributed by atoms with Gasteiger partial charge in [-0.05, 0) is 37.7 Å². The fourth-order valence-corrected chi connectivity index (χ4v) is 3.41. The molecular weight excluding hydrogens is 274 g/mol. The Morgan fingerprint density at radius 2 is 1.91 bits per heavy atom. The molecule has 120 valence electrons. The van der Waals surface area contributed by atoms with Gasteiger partial charge >= 0.3 is 0 Å². The molecule has 3 heteroatoms. The molecule has 3 atom stereocenters. The van der Waals surface area contributed by atoms with Crippen molar-refractivity contribution >= 4 is 11.7 Å². The minimum atomic E-state index is -0.225. The second kappa shape index (κ2) is 7.57.